The summed E-state index contributed by atoms with van der Waals surface area (Å²) in [4.78, 5) is 0. The van der Waals surface area contributed by atoms with Gasteiger partial charge in [-0.15, -0.1) is 0 Å². The highest BCUT2D eigenvalue weighted by molar-refractivity contribution is 5.25. The predicted molar refractivity (Wildman–Crippen MR) is 69.6 cm³/mol. The maximum absolute atomic E-state index is 9.21. The van der Waals surface area contributed by atoms with Crippen LogP contribution in [-0.2, 0) is 16.0 Å². The van der Waals surface area contributed by atoms with E-state index in [9.17, 15) is 5.11 Å². The van der Waals surface area contributed by atoms with E-state index in [4.69, 9.17) is 9.47 Å². The van der Waals surface area contributed by atoms with Gasteiger partial charge in [-0.3, -0.25) is 0 Å². The summed E-state index contributed by atoms with van der Waals surface area (Å²) >= 11 is 0. The van der Waals surface area contributed by atoms with Gasteiger partial charge in [0.2, 0.25) is 0 Å². The summed E-state index contributed by atoms with van der Waals surface area (Å²) in [5.41, 5.74) is 1.16. The fraction of sp³-hybridized carbons (Fsp3) is 0.571. The third kappa shape index (κ3) is 3.02. The molecule has 3 unspecified atom stereocenters. The minimum Gasteiger partial charge on any atom is -0.508 e. The SMILES string of the molecule is CCOC1CC(NCc2ccc(O)cc2)C1OC. The second-order valence-electron chi connectivity index (χ2n) is 4.58. The highest BCUT2D eigenvalue weighted by atomic mass is 16.5. The van der Waals surface area contributed by atoms with Crippen molar-refractivity contribution >= 4 is 0 Å². The lowest BCUT2D eigenvalue weighted by atomic mass is 9.85. The van der Waals surface area contributed by atoms with Crippen LogP contribution in [0.4, 0.5) is 0 Å². The Morgan fingerprint density at radius 3 is 2.67 bits per heavy atom. The molecule has 0 bridgehead atoms. The predicted octanol–water partition coefficient (Wildman–Crippen LogP) is 1.67. The smallest absolute Gasteiger partial charge is 0.115 e. The van der Waals surface area contributed by atoms with Crippen molar-refractivity contribution in [3.63, 3.8) is 0 Å². The summed E-state index contributed by atoms with van der Waals surface area (Å²) in [7, 11) is 1.73. The molecule has 0 heterocycles. The van der Waals surface area contributed by atoms with Crippen LogP contribution in [0.2, 0.25) is 0 Å². The number of hydrogen-bond donors (Lipinski definition) is 2. The number of nitrogens with one attached hydrogen (secondary N) is 1. The first-order valence-corrected chi connectivity index (χ1v) is 6.40. The molecule has 0 aliphatic heterocycles. The standard InChI is InChI=1S/C14H21NO3/c1-3-18-13-8-12(14(13)17-2)15-9-10-4-6-11(16)7-5-10/h4-7,12-16H,3,8-9H2,1-2H3. The zero-order valence-corrected chi connectivity index (χ0v) is 10.9. The van der Waals surface area contributed by atoms with E-state index in [-0.39, 0.29) is 12.2 Å². The lowest BCUT2D eigenvalue weighted by Crippen LogP contribution is -2.59. The van der Waals surface area contributed by atoms with Crippen LogP contribution in [0, 0.1) is 0 Å². The van der Waals surface area contributed by atoms with E-state index in [1.165, 1.54) is 0 Å². The lowest BCUT2D eigenvalue weighted by molar-refractivity contribution is -0.131. The van der Waals surface area contributed by atoms with E-state index in [1.807, 2.05) is 19.1 Å². The van der Waals surface area contributed by atoms with Crippen LogP contribution in [0.1, 0.15) is 18.9 Å². The average molecular weight is 251 g/mol. The minimum absolute atomic E-state index is 0.141. The zero-order valence-electron chi connectivity index (χ0n) is 10.9. The van der Waals surface area contributed by atoms with Crippen LogP contribution in [0.5, 0.6) is 5.75 Å². The van der Waals surface area contributed by atoms with Gasteiger partial charge in [0, 0.05) is 26.3 Å². The third-order valence-electron chi connectivity index (χ3n) is 3.41. The molecule has 2 N–H and O–H groups in total. The van der Waals surface area contributed by atoms with E-state index in [2.05, 4.69) is 5.32 Å². The zero-order chi connectivity index (χ0) is 13.0. The Bertz CT molecular complexity index is 366. The Kier molecular flexibility index (Phi) is 4.58. The quantitative estimate of drug-likeness (QED) is 0.807. The van der Waals surface area contributed by atoms with Crippen molar-refractivity contribution in [2.75, 3.05) is 13.7 Å². The molecule has 3 atom stereocenters. The Balaban J connectivity index is 1.79. The molecule has 1 aromatic rings. The molecule has 0 radical (unpaired) electrons. The highest BCUT2D eigenvalue weighted by Crippen LogP contribution is 2.27. The number of phenolic OH excluding ortho intramolecular Hbond substituents is 1. The number of hydrogen-bond acceptors (Lipinski definition) is 4. The van der Waals surface area contributed by atoms with Gasteiger partial charge in [-0.25, -0.2) is 0 Å². The van der Waals surface area contributed by atoms with Gasteiger partial charge in [0.05, 0.1) is 12.2 Å². The summed E-state index contributed by atoms with van der Waals surface area (Å²) in [6.07, 6.45) is 1.35. The molecule has 1 aromatic carbocycles. The van der Waals surface area contributed by atoms with E-state index in [0.717, 1.165) is 25.1 Å². The summed E-state index contributed by atoms with van der Waals surface area (Å²) in [5.74, 6) is 0.300. The lowest BCUT2D eigenvalue weighted by Gasteiger charge is -2.43. The molecule has 4 heteroatoms. The summed E-state index contributed by atoms with van der Waals surface area (Å²) in [6.45, 7) is 3.52. The van der Waals surface area contributed by atoms with E-state index >= 15 is 0 Å². The van der Waals surface area contributed by atoms with Crippen molar-refractivity contribution in [1.29, 1.82) is 0 Å². The first-order chi connectivity index (χ1) is 8.74. The molecule has 0 amide bonds. The minimum atomic E-state index is 0.141. The molecule has 0 saturated heterocycles. The Labute approximate surface area is 108 Å². The normalized spacial score (nSPS) is 26.9. The van der Waals surface area contributed by atoms with Gasteiger partial charge in [-0.05, 0) is 31.0 Å². The Morgan fingerprint density at radius 1 is 1.33 bits per heavy atom. The second-order valence-corrected chi connectivity index (χ2v) is 4.58. The fourth-order valence-electron chi connectivity index (χ4n) is 2.34. The number of rotatable bonds is 6. The molecule has 1 fully saturated rings. The van der Waals surface area contributed by atoms with E-state index in [1.54, 1.807) is 19.2 Å². The van der Waals surface area contributed by atoms with Gasteiger partial charge in [-0.1, -0.05) is 12.1 Å². The topological polar surface area (TPSA) is 50.7 Å². The Hall–Kier alpha value is -1.10. The molecular weight excluding hydrogens is 230 g/mol. The van der Waals surface area contributed by atoms with Crippen LogP contribution >= 0.6 is 0 Å². The van der Waals surface area contributed by atoms with E-state index in [0.29, 0.717) is 11.8 Å². The molecule has 1 aliphatic rings. The molecule has 0 aromatic heterocycles. The van der Waals surface area contributed by atoms with Crippen LogP contribution < -0.4 is 5.32 Å². The molecule has 0 spiro atoms. The van der Waals surface area contributed by atoms with Crippen molar-refractivity contribution in [3.05, 3.63) is 29.8 Å². The van der Waals surface area contributed by atoms with E-state index < -0.39 is 0 Å². The number of phenols is 1. The van der Waals surface area contributed by atoms with Crippen molar-refractivity contribution < 1.29 is 14.6 Å². The van der Waals surface area contributed by atoms with Crippen molar-refractivity contribution in [2.45, 2.75) is 38.1 Å². The van der Waals surface area contributed by atoms with Crippen LogP contribution in [0.25, 0.3) is 0 Å². The number of aromatic hydroxyl groups is 1. The van der Waals surface area contributed by atoms with Gasteiger partial charge in [0.1, 0.15) is 5.75 Å². The average Bonchev–Trinajstić information content (AvgIpc) is 2.35. The van der Waals surface area contributed by atoms with Crippen molar-refractivity contribution in [2.24, 2.45) is 0 Å². The molecular formula is C14H21NO3. The van der Waals surface area contributed by atoms with Gasteiger partial charge in [-0.2, -0.15) is 0 Å². The number of benzene rings is 1. The highest BCUT2D eigenvalue weighted by Gasteiger charge is 2.41. The maximum atomic E-state index is 9.21. The fourth-order valence-corrected chi connectivity index (χ4v) is 2.34. The summed E-state index contributed by atoms with van der Waals surface area (Å²) in [6, 6.07) is 7.59. The number of ether oxygens (including phenoxy) is 2. The monoisotopic (exact) mass is 251 g/mol. The number of methoxy groups -OCH3 is 1. The molecule has 18 heavy (non-hydrogen) atoms. The first kappa shape index (κ1) is 13.3. The van der Waals surface area contributed by atoms with Gasteiger partial charge in [0.25, 0.3) is 0 Å². The Morgan fingerprint density at radius 2 is 2.06 bits per heavy atom. The first-order valence-electron chi connectivity index (χ1n) is 6.40. The van der Waals surface area contributed by atoms with Crippen LogP contribution in [0.15, 0.2) is 24.3 Å². The molecule has 2 rings (SSSR count). The van der Waals surface area contributed by atoms with Gasteiger partial charge >= 0.3 is 0 Å². The molecule has 1 aliphatic carbocycles. The van der Waals surface area contributed by atoms with Crippen molar-refractivity contribution in [1.82, 2.24) is 5.32 Å². The van der Waals surface area contributed by atoms with Crippen LogP contribution in [-0.4, -0.2) is 37.1 Å². The van der Waals surface area contributed by atoms with Gasteiger partial charge in [0.15, 0.2) is 0 Å². The van der Waals surface area contributed by atoms with Crippen molar-refractivity contribution in [3.8, 4) is 5.75 Å². The van der Waals surface area contributed by atoms with Gasteiger partial charge < -0.3 is 19.9 Å². The largest absolute Gasteiger partial charge is 0.508 e. The summed E-state index contributed by atoms with van der Waals surface area (Å²) < 4.78 is 11.0. The summed E-state index contributed by atoms with van der Waals surface area (Å²) in [5, 5.41) is 12.7. The third-order valence-corrected chi connectivity index (χ3v) is 3.41. The molecule has 1 saturated carbocycles. The molecule has 4 nitrogen and oxygen atoms in total. The molecule has 100 valence electrons. The second kappa shape index (κ2) is 6.18. The van der Waals surface area contributed by atoms with Crippen LogP contribution in [0.3, 0.4) is 0 Å². The maximum Gasteiger partial charge on any atom is 0.115 e.